The minimum atomic E-state index is -5.05. The summed E-state index contributed by atoms with van der Waals surface area (Å²) in [5, 5.41) is 2.65. The van der Waals surface area contributed by atoms with E-state index in [0.717, 1.165) is 24.3 Å². The summed E-state index contributed by atoms with van der Waals surface area (Å²) >= 11 is 0. The van der Waals surface area contributed by atoms with Gasteiger partial charge in [0.25, 0.3) is 40.3 Å². The number of nitrogen functional groups attached to an aromatic ring is 2. The van der Waals surface area contributed by atoms with Gasteiger partial charge in [0.2, 0.25) is 0 Å². The second-order valence-corrected chi connectivity index (χ2v) is 16.1. The lowest BCUT2D eigenvalue weighted by molar-refractivity contribution is 0.0980. The Hall–Kier alpha value is -4.70. The summed E-state index contributed by atoms with van der Waals surface area (Å²) in [5.74, 6) is -1.55. The number of ketones is 2. The van der Waals surface area contributed by atoms with Crippen LogP contribution in [-0.4, -0.2) is 54.3 Å². The van der Waals surface area contributed by atoms with Gasteiger partial charge in [0, 0.05) is 16.8 Å². The van der Waals surface area contributed by atoms with Crippen LogP contribution >= 0.6 is 0 Å². The van der Waals surface area contributed by atoms with Crippen molar-refractivity contribution < 1.29 is 52.4 Å². The molecule has 0 aliphatic heterocycles. The lowest BCUT2D eigenvalue weighted by Gasteiger charge is -2.23. The summed E-state index contributed by atoms with van der Waals surface area (Å²) < 4.78 is 119. The number of rotatable bonds is 8. The van der Waals surface area contributed by atoms with Crippen molar-refractivity contribution in [2.24, 2.45) is 0 Å². The average molecular weight is 709 g/mol. The van der Waals surface area contributed by atoms with Crippen molar-refractivity contribution >= 4 is 74.6 Å². The number of anilines is 4. The van der Waals surface area contributed by atoms with Gasteiger partial charge in [-0.2, -0.15) is 16.8 Å². The molecule has 46 heavy (non-hydrogen) atoms. The second kappa shape index (κ2) is 11.0. The SMILES string of the molecule is Nc1cc(S(=O)(=O)NS(=O)(=O)c2cccc(Nc3cc(S(=O)(=O)O)c(N)c4c3C(=O)c3ccccc3C4=O)c2)ccc1S(=O)(=O)O. The van der Waals surface area contributed by atoms with Crippen molar-refractivity contribution in [2.75, 3.05) is 16.8 Å². The fraction of sp³-hybridized carbons (Fsp3) is 0. The lowest BCUT2D eigenvalue weighted by Crippen LogP contribution is -2.30. The number of nitrogens with one attached hydrogen (secondary N) is 2. The summed E-state index contributed by atoms with van der Waals surface area (Å²) in [7, 11) is -19.7. The molecule has 0 saturated heterocycles. The number of hydrogen-bond donors (Lipinski definition) is 6. The number of benzene rings is 4. The normalized spacial score (nSPS) is 13.6. The first kappa shape index (κ1) is 32.7. The smallest absolute Gasteiger partial charge is 0.296 e. The molecule has 0 amide bonds. The molecular weight excluding hydrogens is 689 g/mol. The molecule has 0 aromatic heterocycles. The molecule has 4 aromatic rings. The van der Waals surface area contributed by atoms with Crippen LogP contribution < -0.4 is 20.9 Å². The Morgan fingerprint density at radius 1 is 0.587 bits per heavy atom. The standard InChI is InChI=1S/C26H20N4O12S4/c27-18-11-15(8-9-20(18)45(37,38)39)44(35,36)30-43(33,34)14-5-3-4-13(10-14)29-19-12-21(46(40,41)42)24(28)23-22(19)25(31)16-6-1-2-7-17(16)26(23)32/h1-12,29-30H,27-28H2,(H,37,38,39)(H,40,41,42). The molecule has 1 aliphatic carbocycles. The zero-order chi connectivity index (χ0) is 34.0. The highest BCUT2D eigenvalue weighted by Gasteiger charge is 2.36. The molecule has 4 aromatic carbocycles. The summed E-state index contributed by atoms with van der Waals surface area (Å²) in [5.41, 5.74) is 8.62. The third-order valence-electron chi connectivity index (χ3n) is 6.69. The molecule has 0 atom stereocenters. The van der Waals surface area contributed by atoms with Crippen LogP contribution in [0.5, 0.6) is 0 Å². The molecule has 20 heteroatoms. The molecule has 0 radical (unpaired) electrons. The maximum Gasteiger partial charge on any atom is 0.296 e. The Morgan fingerprint density at radius 2 is 1.13 bits per heavy atom. The van der Waals surface area contributed by atoms with Crippen molar-refractivity contribution in [3.63, 3.8) is 0 Å². The Balaban J connectivity index is 1.56. The Bertz CT molecular complexity index is 2460. The van der Waals surface area contributed by atoms with E-state index in [9.17, 15) is 52.4 Å². The van der Waals surface area contributed by atoms with Gasteiger partial charge in [-0.1, -0.05) is 30.3 Å². The van der Waals surface area contributed by atoms with Crippen LogP contribution in [-0.2, 0) is 40.3 Å². The quantitative estimate of drug-likeness (QED) is 0.0984. The van der Waals surface area contributed by atoms with E-state index in [2.05, 4.69) is 5.32 Å². The van der Waals surface area contributed by atoms with Gasteiger partial charge in [-0.25, -0.2) is 16.8 Å². The third-order valence-corrected chi connectivity index (χ3v) is 12.0. The van der Waals surface area contributed by atoms with Gasteiger partial charge in [0.1, 0.15) is 9.79 Å². The molecule has 0 fully saturated rings. The highest BCUT2D eigenvalue weighted by atomic mass is 32.3. The molecule has 5 rings (SSSR count). The van der Waals surface area contributed by atoms with E-state index in [4.69, 9.17) is 11.5 Å². The van der Waals surface area contributed by atoms with Crippen molar-refractivity contribution in [2.45, 2.75) is 19.6 Å². The van der Waals surface area contributed by atoms with Crippen LogP contribution in [0, 0.1) is 0 Å². The zero-order valence-electron chi connectivity index (χ0n) is 22.7. The molecule has 240 valence electrons. The summed E-state index contributed by atoms with van der Waals surface area (Å²) in [4.78, 5) is 23.7. The predicted octanol–water partition coefficient (Wildman–Crippen LogP) is 1.53. The number of nitrogens with two attached hydrogens (primary N) is 2. The maximum absolute atomic E-state index is 13.5. The summed E-state index contributed by atoms with van der Waals surface area (Å²) in [6.07, 6.45) is 0. The Labute approximate surface area is 261 Å². The van der Waals surface area contributed by atoms with Crippen LogP contribution in [0.4, 0.5) is 22.7 Å². The van der Waals surface area contributed by atoms with E-state index in [-0.39, 0.29) is 28.1 Å². The van der Waals surface area contributed by atoms with Crippen LogP contribution in [0.25, 0.3) is 0 Å². The molecule has 0 unspecified atom stereocenters. The van der Waals surface area contributed by atoms with Crippen LogP contribution in [0.15, 0.2) is 92.4 Å². The van der Waals surface area contributed by atoms with E-state index >= 15 is 0 Å². The minimum absolute atomic E-state index is 0.0296. The van der Waals surface area contributed by atoms with Gasteiger partial charge in [0.05, 0.1) is 38.0 Å². The number of carbonyl (C=O) groups excluding carboxylic acids is 2. The number of fused-ring (bicyclic) bond motifs is 2. The largest absolute Gasteiger partial charge is 0.398 e. The van der Waals surface area contributed by atoms with E-state index in [1.807, 2.05) is 0 Å². The Kier molecular flexibility index (Phi) is 7.80. The van der Waals surface area contributed by atoms with E-state index in [1.165, 1.54) is 34.5 Å². The summed E-state index contributed by atoms with van der Waals surface area (Å²) in [6.45, 7) is 0. The van der Waals surface area contributed by atoms with Crippen molar-refractivity contribution in [3.8, 4) is 0 Å². The highest BCUT2D eigenvalue weighted by Crippen LogP contribution is 2.40. The Morgan fingerprint density at radius 3 is 1.67 bits per heavy atom. The number of carbonyl (C=O) groups is 2. The van der Waals surface area contributed by atoms with Crippen LogP contribution in [0.1, 0.15) is 31.8 Å². The van der Waals surface area contributed by atoms with Crippen molar-refractivity contribution in [3.05, 3.63) is 95.1 Å². The van der Waals surface area contributed by atoms with Gasteiger partial charge >= 0.3 is 0 Å². The number of hydrogen-bond acceptors (Lipinski definition) is 13. The minimum Gasteiger partial charge on any atom is -0.398 e. The van der Waals surface area contributed by atoms with Gasteiger partial charge < -0.3 is 16.8 Å². The fourth-order valence-corrected chi connectivity index (χ4v) is 8.91. The topological polar surface area (TPSA) is 287 Å². The highest BCUT2D eigenvalue weighted by molar-refractivity contribution is 8.04. The molecule has 1 aliphatic rings. The summed E-state index contributed by atoms with van der Waals surface area (Å²) in [6, 6.07) is 12.7. The van der Waals surface area contributed by atoms with E-state index in [0.29, 0.717) is 18.2 Å². The van der Waals surface area contributed by atoms with Gasteiger partial charge in [0.15, 0.2) is 11.6 Å². The number of sulfonamides is 2. The van der Waals surface area contributed by atoms with Gasteiger partial charge in [-0.05, 0) is 42.5 Å². The maximum atomic E-state index is 13.5. The zero-order valence-corrected chi connectivity index (χ0v) is 26.0. The first-order valence-corrected chi connectivity index (χ1v) is 18.2. The molecule has 0 saturated carbocycles. The molecule has 0 heterocycles. The molecule has 0 spiro atoms. The molecule has 8 N–H and O–H groups in total. The molecular formula is C26H20N4O12S4. The van der Waals surface area contributed by atoms with Crippen LogP contribution in [0.3, 0.4) is 0 Å². The van der Waals surface area contributed by atoms with E-state index in [1.54, 1.807) is 0 Å². The van der Waals surface area contributed by atoms with Crippen molar-refractivity contribution in [1.29, 1.82) is 0 Å². The third kappa shape index (κ3) is 5.85. The van der Waals surface area contributed by atoms with Crippen molar-refractivity contribution in [1.82, 2.24) is 4.13 Å². The first-order chi connectivity index (χ1) is 21.2. The molecule has 16 nitrogen and oxygen atoms in total. The monoisotopic (exact) mass is 708 g/mol. The van der Waals surface area contributed by atoms with Gasteiger partial charge in [-0.15, -0.1) is 4.13 Å². The lowest BCUT2D eigenvalue weighted by atomic mass is 9.82. The van der Waals surface area contributed by atoms with Crippen LogP contribution in [0.2, 0.25) is 0 Å². The fourth-order valence-electron chi connectivity index (χ4n) is 4.67. The second-order valence-electron chi connectivity index (χ2n) is 9.68. The molecule has 0 bridgehead atoms. The average Bonchev–Trinajstić information content (AvgIpc) is 2.95. The van der Waals surface area contributed by atoms with E-state index < -0.39 is 88.4 Å². The predicted molar refractivity (Wildman–Crippen MR) is 162 cm³/mol. The van der Waals surface area contributed by atoms with Gasteiger partial charge in [-0.3, -0.25) is 18.7 Å². The first-order valence-electron chi connectivity index (χ1n) is 12.4.